The Balaban J connectivity index is 1.78. The molecule has 3 rings (SSSR count). The average molecular weight is 281 g/mol. The summed E-state index contributed by atoms with van der Waals surface area (Å²) in [6, 6.07) is 18.8. The lowest BCUT2D eigenvalue weighted by molar-refractivity contribution is 0.415. The van der Waals surface area contributed by atoms with Gasteiger partial charge < -0.3 is 10.1 Å². The quantitative estimate of drug-likeness (QED) is 0.754. The second kappa shape index (κ2) is 5.83. The smallest absolute Gasteiger partial charge is 0.125 e. The van der Waals surface area contributed by atoms with E-state index in [2.05, 4.69) is 23.5 Å². The molecule has 0 spiro atoms. The van der Waals surface area contributed by atoms with Gasteiger partial charge in [-0.2, -0.15) is 0 Å². The van der Waals surface area contributed by atoms with Gasteiger partial charge in [0.15, 0.2) is 0 Å². The third-order valence-electron chi connectivity index (χ3n) is 3.43. The molecule has 0 bridgehead atoms. The Labute approximate surface area is 123 Å². The van der Waals surface area contributed by atoms with E-state index >= 15 is 0 Å². The lowest BCUT2D eigenvalue weighted by Crippen LogP contribution is -1.99. The van der Waals surface area contributed by atoms with Crippen molar-refractivity contribution >= 4 is 16.5 Å². The van der Waals surface area contributed by atoms with E-state index in [0.717, 1.165) is 27.8 Å². The van der Waals surface area contributed by atoms with Gasteiger partial charge in [-0.05, 0) is 52.7 Å². The van der Waals surface area contributed by atoms with E-state index in [1.165, 1.54) is 12.1 Å². The molecule has 0 aromatic heterocycles. The minimum Gasteiger partial charge on any atom is -0.497 e. The molecule has 0 atom stereocenters. The van der Waals surface area contributed by atoms with Crippen molar-refractivity contribution in [3.63, 3.8) is 0 Å². The summed E-state index contributed by atoms with van der Waals surface area (Å²) in [5.41, 5.74) is 1.93. The van der Waals surface area contributed by atoms with Crippen molar-refractivity contribution < 1.29 is 9.13 Å². The SMILES string of the molecule is COc1ccc2cc(CNc3cccc(F)c3)ccc2c1. The van der Waals surface area contributed by atoms with E-state index in [4.69, 9.17) is 4.74 Å². The van der Waals surface area contributed by atoms with E-state index in [1.54, 1.807) is 13.2 Å². The average Bonchev–Trinajstić information content (AvgIpc) is 2.52. The Bertz CT molecular complexity index is 770. The molecule has 0 saturated heterocycles. The van der Waals surface area contributed by atoms with Crippen molar-refractivity contribution in [1.82, 2.24) is 0 Å². The molecule has 3 aromatic rings. The summed E-state index contributed by atoms with van der Waals surface area (Å²) >= 11 is 0. The predicted molar refractivity (Wildman–Crippen MR) is 84.2 cm³/mol. The van der Waals surface area contributed by atoms with Crippen molar-refractivity contribution in [1.29, 1.82) is 0 Å². The monoisotopic (exact) mass is 281 g/mol. The van der Waals surface area contributed by atoms with E-state index in [9.17, 15) is 4.39 Å². The van der Waals surface area contributed by atoms with Crippen LogP contribution in [0.1, 0.15) is 5.56 Å². The van der Waals surface area contributed by atoms with Crippen LogP contribution < -0.4 is 10.1 Å². The molecule has 106 valence electrons. The Morgan fingerprint density at radius 1 is 0.952 bits per heavy atom. The number of halogens is 1. The van der Waals surface area contributed by atoms with Gasteiger partial charge in [0, 0.05) is 12.2 Å². The van der Waals surface area contributed by atoms with Crippen LogP contribution in [0.3, 0.4) is 0 Å². The zero-order valence-corrected chi connectivity index (χ0v) is 11.8. The Hall–Kier alpha value is -2.55. The highest BCUT2D eigenvalue weighted by Crippen LogP contribution is 2.22. The maximum atomic E-state index is 13.1. The first-order chi connectivity index (χ1) is 10.2. The minimum absolute atomic E-state index is 0.231. The first-order valence-electron chi connectivity index (χ1n) is 6.81. The molecule has 21 heavy (non-hydrogen) atoms. The lowest BCUT2D eigenvalue weighted by Gasteiger charge is -2.08. The lowest BCUT2D eigenvalue weighted by atomic mass is 10.1. The van der Waals surface area contributed by atoms with Crippen LogP contribution in [0.5, 0.6) is 5.75 Å². The van der Waals surface area contributed by atoms with Gasteiger partial charge in [-0.3, -0.25) is 0 Å². The summed E-state index contributed by atoms with van der Waals surface area (Å²) < 4.78 is 18.3. The Kier molecular flexibility index (Phi) is 3.73. The molecule has 0 saturated carbocycles. The van der Waals surface area contributed by atoms with Gasteiger partial charge in [-0.15, -0.1) is 0 Å². The number of fused-ring (bicyclic) bond motifs is 1. The molecular formula is C18H16FNO. The molecule has 2 nitrogen and oxygen atoms in total. The van der Waals surface area contributed by atoms with Crippen LogP contribution in [0.4, 0.5) is 10.1 Å². The molecule has 0 aliphatic heterocycles. The molecule has 0 amide bonds. The van der Waals surface area contributed by atoms with Crippen LogP contribution in [0.2, 0.25) is 0 Å². The second-order valence-electron chi connectivity index (χ2n) is 4.91. The van der Waals surface area contributed by atoms with E-state index < -0.39 is 0 Å². The number of benzene rings is 3. The Morgan fingerprint density at radius 2 is 1.76 bits per heavy atom. The largest absolute Gasteiger partial charge is 0.497 e. The molecule has 0 radical (unpaired) electrons. The standard InChI is InChI=1S/C18H16FNO/c1-21-18-8-7-14-9-13(5-6-15(14)10-18)12-20-17-4-2-3-16(19)11-17/h2-11,20H,12H2,1H3. The van der Waals surface area contributed by atoms with E-state index in [1.807, 2.05) is 24.3 Å². The van der Waals surface area contributed by atoms with Crippen molar-refractivity contribution in [2.45, 2.75) is 6.54 Å². The molecule has 0 aliphatic rings. The van der Waals surface area contributed by atoms with E-state index in [-0.39, 0.29) is 5.82 Å². The highest BCUT2D eigenvalue weighted by Gasteiger charge is 2.00. The fourth-order valence-corrected chi connectivity index (χ4v) is 2.31. The van der Waals surface area contributed by atoms with Crippen LogP contribution >= 0.6 is 0 Å². The van der Waals surface area contributed by atoms with Gasteiger partial charge in [0.1, 0.15) is 11.6 Å². The van der Waals surface area contributed by atoms with Gasteiger partial charge in [0.25, 0.3) is 0 Å². The molecule has 0 fully saturated rings. The number of hydrogen-bond donors (Lipinski definition) is 1. The second-order valence-corrected chi connectivity index (χ2v) is 4.91. The van der Waals surface area contributed by atoms with E-state index in [0.29, 0.717) is 6.54 Å². The zero-order chi connectivity index (χ0) is 14.7. The molecule has 3 aromatic carbocycles. The third kappa shape index (κ3) is 3.14. The van der Waals surface area contributed by atoms with Crippen molar-refractivity contribution in [2.24, 2.45) is 0 Å². The summed E-state index contributed by atoms with van der Waals surface area (Å²) in [6.07, 6.45) is 0. The number of rotatable bonds is 4. The van der Waals surface area contributed by atoms with Gasteiger partial charge >= 0.3 is 0 Å². The number of ether oxygens (including phenoxy) is 1. The summed E-state index contributed by atoms with van der Waals surface area (Å²) in [6.45, 7) is 0.658. The Morgan fingerprint density at radius 3 is 2.57 bits per heavy atom. The molecule has 0 unspecified atom stereocenters. The summed E-state index contributed by atoms with van der Waals surface area (Å²) in [5.74, 6) is 0.624. The molecule has 1 N–H and O–H groups in total. The summed E-state index contributed by atoms with van der Waals surface area (Å²) in [4.78, 5) is 0. The summed E-state index contributed by atoms with van der Waals surface area (Å²) in [7, 11) is 1.67. The van der Waals surface area contributed by atoms with Crippen LogP contribution in [-0.2, 0) is 6.54 Å². The number of nitrogens with one attached hydrogen (secondary N) is 1. The van der Waals surface area contributed by atoms with Gasteiger partial charge in [-0.25, -0.2) is 4.39 Å². The molecular weight excluding hydrogens is 265 g/mol. The van der Waals surface area contributed by atoms with Gasteiger partial charge in [-0.1, -0.05) is 24.3 Å². The fourth-order valence-electron chi connectivity index (χ4n) is 2.31. The van der Waals surface area contributed by atoms with Crippen LogP contribution in [-0.4, -0.2) is 7.11 Å². The van der Waals surface area contributed by atoms with Crippen molar-refractivity contribution in [2.75, 3.05) is 12.4 Å². The minimum atomic E-state index is -0.231. The maximum absolute atomic E-state index is 13.1. The summed E-state index contributed by atoms with van der Waals surface area (Å²) in [5, 5.41) is 5.53. The predicted octanol–water partition coefficient (Wildman–Crippen LogP) is 4.60. The number of anilines is 1. The molecule has 3 heteroatoms. The van der Waals surface area contributed by atoms with Crippen molar-refractivity contribution in [3.05, 3.63) is 72.0 Å². The normalized spacial score (nSPS) is 10.6. The highest BCUT2D eigenvalue weighted by molar-refractivity contribution is 5.84. The van der Waals surface area contributed by atoms with Gasteiger partial charge in [0.2, 0.25) is 0 Å². The van der Waals surface area contributed by atoms with Crippen LogP contribution in [0, 0.1) is 5.82 Å². The molecule has 0 heterocycles. The topological polar surface area (TPSA) is 21.3 Å². The van der Waals surface area contributed by atoms with Crippen LogP contribution in [0.25, 0.3) is 10.8 Å². The van der Waals surface area contributed by atoms with Crippen LogP contribution in [0.15, 0.2) is 60.7 Å². The first-order valence-corrected chi connectivity index (χ1v) is 6.81. The highest BCUT2D eigenvalue weighted by atomic mass is 19.1. The zero-order valence-electron chi connectivity index (χ0n) is 11.8. The number of hydrogen-bond acceptors (Lipinski definition) is 2. The van der Waals surface area contributed by atoms with Crippen molar-refractivity contribution in [3.8, 4) is 5.75 Å². The number of methoxy groups -OCH3 is 1. The fraction of sp³-hybridized carbons (Fsp3) is 0.111. The maximum Gasteiger partial charge on any atom is 0.125 e. The first kappa shape index (κ1) is 13.4. The third-order valence-corrected chi connectivity index (χ3v) is 3.43. The van der Waals surface area contributed by atoms with Gasteiger partial charge in [0.05, 0.1) is 7.11 Å². The molecule has 0 aliphatic carbocycles.